The third-order valence-corrected chi connectivity index (χ3v) is 2.82. The molecule has 1 N–H and O–H groups in total. The van der Waals surface area contributed by atoms with Crippen molar-refractivity contribution in [2.45, 2.75) is 46.0 Å². The minimum atomic E-state index is 1.07. The number of hydrogen-bond donors (Lipinski definition) is 1. The van der Waals surface area contributed by atoms with Crippen molar-refractivity contribution in [3.05, 3.63) is 35.1 Å². The molecule has 0 aromatic carbocycles. The standard InChI is InChI=1S/C14H23NO/c1-12(2)5-4-6-13-7-9-14(10-8-13)11-15-16-3/h5,7,11,15H,4,6,8-10H2,1-3H3. The Morgan fingerprint density at radius 2 is 2.25 bits per heavy atom. The van der Waals surface area contributed by atoms with Crippen molar-refractivity contribution >= 4 is 0 Å². The van der Waals surface area contributed by atoms with Crippen LogP contribution in [0.5, 0.6) is 0 Å². The zero-order chi connectivity index (χ0) is 11.8. The minimum Gasteiger partial charge on any atom is -0.280 e. The smallest absolute Gasteiger partial charge is 0.0636 e. The van der Waals surface area contributed by atoms with Crippen LogP contribution >= 0.6 is 0 Å². The Bertz CT molecular complexity index is 296. The van der Waals surface area contributed by atoms with Crippen LogP contribution in [0.1, 0.15) is 46.0 Å². The molecular weight excluding hydrogens is 198 g/mol. The minimum absolute atomic E-state index is 1.07. The third-order valence-electron chi connectivity index (χ3n) is 2.82. The molecule has 0 atom stereocenters. The maximum atomic E-state index is 4.81. The lowest BCUT2D eigenvalue weighted by Crippen LogP contribution is -2.05. The van der Waals surface area contributed by atoms with E-state index in [0.717, 1.165) is 12.8 Å². The van der Waals surface area contributed by atoms with Gasteiger partial charge in [-0.2, -0.15) is 0 Å². The third kappa shape index (κ3) is 5.17. The number of hydroxylamine groups is 1. The van der Waals surface area contributed by atoms with E-state index in [1.807, 2.05) is 6.20 Å². The molecular formula is C14H23NO. The molecule has 0 saturated carbocycles. The number of hydrogen-bond acceptors (Lipinski definition) is 2. The molecule has 0 heterocycles. The van der Waals surface area contributed by atoms with Gasteiger partial charge in [-0.25, -0.2) is 0 Å². The largest absolute Gasteiger partial charge is 0.280 e. The Morgan fingerprint density at radius 3 is 2.81 bits per heavy atom. The summed E-state index contributed by atoms with van der Waals surface area (Å²) in [5.74, 6) is 0. The number of allylic oxidation sites excluding steroid dienone is 5. The van der Waals surface area contributed by atoms with Crippen molar-refractivity contribution in [2.24, 2.45) is 0 Å². The first-order chi connectivity index (χ1) is 7.72. The zero-order valence-electron chi connectivity index (χ0n) is 10.7. The van der Waals surface area contributed by atoms with E-state index in [0.29, 0.717) is 0 Å². The lowest BCUT2D eigenvalue weighted by Gasteiger charge is -2.15. The van der Waals surface area contributed by atoms with Gasteiger partial charge in [0.05, 0.1) is 7.11 Å². The first-order valence-electron chi connectivity index (χ1n) is 6.00. The number of nitrogens with one attached hydrogen (secondary N) is 1. The Morgan fingerprint density at radius 1 is 1.44 bits per heavy atom. The lowest BCUT2D eigenvalue weighted by atomic mass is 9.92. The van der Waals surface area contributed by atoms with Gasteiger partial charge in [0, 0.05) is 6.20 Å². The molecule has 0 fully saturated rings. The fraction of sp³-hybridized carbons (Fsp3) is 0.571. The second-order valence-corrected chi connectivity index (χ2v) is 4.51. The van der Waals surface area contributed by atoms with Gasteiger partial charge in [0.15, 0.2) is 0 Å². The van der Waals surface area contributed by atoms with E-state index in [-0.39, 0.29) is 0 Å². The Labute approximate surface area is 99.0 Å². The van der Waals surface area contributed by atoms with E-state index in [9.17, 15) is 0 Å². The Hall–Kier alpha value is -1.02. The highest BCUT2D eigenvalue weighted by Crippen LogP contribution is 2.25. The van der Waals surface area contributed by atoms with E-state index < -0.39 is 0 Å². The molecule has 1 rings (SSSR count). The van der Waals surface area contributed by atoms with Crippen LogP contribution in [0.2, 0.25) is 0 Å². The second kappa shape index (κ2) is 7.29. The lowest BCUT2D eigenvalue weighted by molar-refractivity contribution is 0.127. The Kier molecular flexibility index (Phi) is 5.94. The van der Waals surface area contributed by atoms with E-state index in [1.54, 1.807) is 12.7 Å². The monoisotopic (exact) mass is 221 g/mol. The summed E-state index contributed by atoms with van der Waals surface area (Å²) in [6.07, 6.45) is 12.5. The van der Waals surface area contributed by atoms with Gasteiger partial charge in [0.2, 0.25) is 0 Å². The second-order valence-electron chi connectivity index (χ2n) is 4.51. The van der Waals surface area contributed by atoms with Gasteiger partial charge in [-0.05, 0) is 51.5 Å². The molecule has 0 bridgehead atoms. The molecule has 16 heavy (non-hydrogen) atoms. The van der Waals surface area contributed by atoms with E-state index in [1.165, 1.54) is 30.4 Å². The van der Waals surface area contributed by atoms with Gasteiger partial charge in [-0.3, -0.25) is 10.3 Å². The van der Waals surface area contributed by atoms with Gasteiger partial charge in [0.1, 0.15) is 0 Å². The van der Waals surface area contributed by atoms with E-state index >= 15 is 0 Å². The molecule has 0 unspecified atom stereocenters. The summed E-state index contributed by atoms with van der Waals surface area (Å²) in [4.78, 5) is 4.81. The average Bonchev–Trinajstić information content (AvgIpc) is 2.27. The van der Waals surface area contributed by atoms with Crippen molar-refractivity contribution in [3.63, 3.8) is 0 Å². The first kappa shape index (κ1) is 13.0. The predicted octanol–water partition coefficient (Wildman–Crippen LogP) is 3.88. The normalized spacial score (nSPS) is 18.2. The van der Waals surface area contributed by atoms with Gasteiger partial charge < -0.3 is 0 Å². The van der Waals surface area contributed by atoms with Crippen LogP contribution in [0, 0.1) is 0 Å². The molecule has 0 aromatic heterocycles. The van der Waals surface area contributed by atoms with E-state index in [4.69, 9.17) is 4.84 Å². The topological polar surface area (TPSA) is 21.3 Å². The quantitative estimate of drug-likeness (QED) is 0.562. The van der Waals surface area contributed by atoms with Crippen molar-refractivity contribution < 1.29 is 4.84 Å². The fourth-order valence-corrected chi connectivity index (χ4v) is 1.85. The van der Waals surface area contributed by atoms with Crippen molar-refractivity contribution in [3.8, 4) is 0 Å². The number of rotatable bonds is 5. The van der Waals surface area contributed by atoms with Crippen LogP contribution in [0.4, 0.5) is 0 Å². The molecule has 2 heteroatoms. The van der Waals surface area contributed by atoms with Crippen LogP contribution in [0.3, 0.4) is 0 Å². The highest BCUT2D eigenvalue weighted by Gasteiger charge is 2.06. The van der Waals surface area contributed by atoms with Gasteiger partial charge in [-0.15, -0.1) is 0 Å². The molecule has 0 spiro atoms. The molecule has 0 radical (unpaired) electrons. The molecule has 90 valence electrons. The average molecular weight is 221 g/mol. The van der Waals surface area contributed by atoms with Crippen molar-refractivity contribution in [1.82, 2.24) is 5.48 Å². The van der Waals surface area contributed by atoms with Crippen LogP contribution in [-0.4, -0.2) is 7.11 Å². The molecule has 0 amide bonds. The van der Waals surface area contributed by atoms with Crippen LogP contribution in [0.25, 0.3) is 0 Å². The summed E-state index contributed by atoms with van der Waals surface area (Å²) in [5.41, 5.74) is 7.24. The molecule has 0 saturated heterocycles. The van der Waals surface area contributed by atoms with Crippen LogP contribution < -0.4 is 5.48 Å². The van der Waals surface area contributed by atoms with Crippen molar-refractivity contribution in [1.29, 1.82) is 0 Å². The predicted molar refractivity (Wildman–Crippen MR) is 68.8 cm³/mol. The highest BCUT2D eigenvalue weighted by atomic mass is 16.6. The summed E-state index contributed by atoms with van der Waals surface area (Å²) < 4.78 is 0. The summed E-state index contributed by atoms with van der Waals surface area (Å²) in [7, 11) is 1.64. The van der Waals surface area contributed by atoms with Gasteiger partial charge in [-0.1, -0.05) is 23.3 Å². The highest BCUT2D eigenvalue weighted by molar-refractivity contribution is 5.19. The summed E-state index contributed by atoms with van der Waals surface area (Å²) in [5, 5.41) is 0. The summed E-state index contributed by atoms with van der Waals surface area (Å²) >= 11 is 0. The molecule has 1 aliphatic rings. The SMILES string of the molecule is CONC=C1CC=C(CCC=C(C)C)CC1. The summed E-state index contributed by atoms with van der Waals surface area (Å²) in [6.45, 7) is 4.32. The zero-order valence-corrected chi connectivity index (χ0v) is 10.7. The maximum Gasteiger partial charge on any atom is 0.0636 e. The van der Waals surface area contributed by atoms with Crippen LogP contribution in [0.15, 0.2) is 35.1 Å². The first-order valence-corrected chi connectivity index (χ1v) is 6.00. The Balaban J connectivity index is 2.32. The van der Waals surface area contributed by atoms with Crippen molar-refractivity contribution in [2.75, 3.05) is 7.11 Å². The maximum absolute atomic E-state index is 4.81. The summed E-state index contributed by atoms with van der Waals surface area (Å²) in [6, 6.07) is 0. The molecule has 1 aliphatic carbocycles. The molecule has 0 aromatic rings. The fourth-order valence-electron chi connectivity index (χ4n) is 1.85. The van der Waals surface area contributed by atoms with Gasteiger partial charge in [0.25, 0.3) is 0 Å². The van der Waals surface area contributed by atoms with E-state index in [2.05, 4.69) is 31.5 Å². The molecule has 0 aliphatic heterocycles. The van der Waals surface area contributed by atoms with Gasteiger partial charge >= 0.3 is 0 Å². The molecule has 2 nitrogen and oxygen atoms in total. The van der Waals surface area contributed by atoms with Crippen LogP contribution in [-0.2, 0) is 4.84 Å².